The van der Waals surface area contributed by atoms with Gasteiger partial charge in [-0.1, -0.05) is 28.1 Å². The van der Waals surface area contributed by atoms with E-state index in [1.807, 2.05) is 65.8 Å². The number of benzene rings is 1. The van der Waals surface area contributed by atoms with Crippen LogP contribution in [0.4, 0.5) is 0 Å². The van der Waals surface area contributed by atoms with Gasteiger partial charge in [-0.05, 0) is 59.2 Å². The fourth-order valence-corrected chi connectivity index (χ4v) is 1.99. The third-order valence-corrected chi connectivity index (χ3v) is 2.95. The largest absolute Gasteiger partial charge is 0.459 e. The number of carbonyl (C=O) groups is 1. The molecule has 0 aliphatic carbocycles. The van der Waals surface area contributed by atoms with Gasteiger partial charge in [-0.25, -0.2) is 4.79 Å². The van der Waals surface area contributed by atoms with E-state index in [1.165, 1.54) is 0 Å². The van der Waals surface area contributed by atoms with Gasteiger partial charge in [-0.3, -0.25) is 5.32 Å². The highest BCUT2D eigenvalue weighted by Crippen LogP contribution is 2.23. The third kappa shape index (κ3) is 6.06. The Morgan fingerprint density at radius 3 is 2.00 bits per heavy atom. The van der Waals surface area contributed by atoms with E-state index < -0.39 is 11.6 Å². The molecule has 0 bridgehead atoms. The highest BCUT2D eigenvalue weighted by Gasteiger charge is 2.29. The molecule has 1 rings (SSSR count). The Labute approximate surface area is 130 Å². The summed E-state index contributed by atoms with van der Waals surface area (Å²) in [5.41, 5.74) is 0.219. The molecule has 0 fully saturated rings. The topological polar surface area (TPSA) is 38.3 Å². The highest BCUT2D eigenvalue weighted by molar-refractivity contribution is 9.10. The number of hydrogen-bond donors (Lipinski definition) is 1. The summed E-state index contributed by atoms with van der Waals surface area (Å²) in [6, 6.07) is 7.24. The van der Waals surface area contributed by atoms with Crippen LogP contribution in [0.2, 0.25) is 0 Å². The maximum Gasteiger partial charge on any atom is 0.328 e. The van der Waals surface area contributed by atoms with Crippen LogP contribution in [0.1, 0.15) is 53.1 Å². The maximum absolute atomic E-state index is 12.4. The van der Waals surface area contributed by atoms with Crippen LogP contribution in [0.3, 0.4) is 0 Å². The molecule has 0 aliphatic rings. The molecular formula is C16H24BrNO2. The Morgan fingerprint density at radius 2 is 1.60 bits per heavy atom. The van der Waals surface area contributed by atoms with Gasteiger partial charge in [0.2, 0.25) is 0 Å². The summed E-state index contributed by atoms with van der Waals surface area (Å²) in [6.07, 6.45) is 0. The Kier molecular flexibility index (Phi) is 5.39. The SMILES string of the molecule is CC(C)(C)NC(C(=O)OC(C)(C)C)c1ccc(Br)cc1. The molecule has 1 atom stereocenters. The summed E-state index contributed by atoms with van der Waals surface area (Å²) < 4.78 is 6.50. The van der Waals surface area contributed by atoms with E-state index in [2.05, 4.69) is 21.2 Å². The molecule has 0 radical (unpaired) electrons. The lowest BCUT2D eigenvalue weighted by atomic mass is 10.0. The minimum absolute atomic E-state index is 0.186. The molecule has 0 saturated heterocycles. The molecule has 0 heterocycles. The molecule has 3 nitrogen and oxygen atoms in total. The van der Waals surface area contributed by atoms with Gasteiger partial charge in [-0.15, -0.1) is 0 Å². The Morgan fingerprint density at radius 1 is 1.10 bits per heavy atom. The van der Waals surface area contributed by atoms with Crippen LogP contribution >= 0.6 is 15.9 Å². The number of halogens is 1. The quantitative estimate of drug-likeness (QED) is 0.836. The van der Waals surface area contributed by atoms with Crippen LogP contribution < -0.4 is 5.32 Å². The maximum atomic E-state index is 12.4. The van der Waals surface area contributed by atoms with Crippen LogP contribution in [0.15, 0.2) is 28.7 Å². The molecule has 4 heteroatoms. The molecule has 1 unspecified atom stereocenters. The van der Waals surface area contributed by atoms with Crippen molar-refractivity contribution >= 4 is 21.9 Å². The number of rotatable bonds is 3. The average molecular weight is 342 g/mol. The molecule has 1 aromatic rings. The summed E-state index contributed by atoms with van der Waals surface area (Å²) in [6.45, 7) is 11.7. The monoisotopic (exact) mass is 341 g/mol. The van der Waals surface area contributed by atoms with Crippen LogP contribution in [0, 0.1) is 0 Å². The van der Waals surface area contributed by atoms with Gasteiger partial charge in [0, 0.05) is 10.0 Å². The van der Waals surface area contributed by atoms with Gasteiger partial charge >= 0.3 is 5.97 Å². The van der Waals surface area contributed by atoms with Crippen molar-refractivity contribution in [3.63, 3.8) is 0 Å². The average Bonchev–Trinajstić information content (AvgIpc) is 2.23. The van der Waals surface area contributed by atoms with Crippen molar-refractivity contribution in [2.75, 3.05) is 0 Å². The standard InChI is InChI=1S/C16H24BrNO2/c1-15(2,3)18-13(14(19)20-16(4,5)6)11-7-9-12(17)10-8-11/h7-10,13,18H,1-6H3. The summed E-state index contributed by atoms with van der Waals surface area (Å²) in [5, 5.41) is 3.32. The summed E-state index contributed by atoms with van der Waals surface area (Å²) in [4.78, 5) is 12.4. The Bertz CT molecular complexity index is 455. The van der Waals surface area contributed by atoms with Crippen molar-refractivity contribution in [1.82, 2.24) is 5.32 Å². The first-order chi connectivity index (χ1) is 8.98. The first kappa shape index (κ1) is 17.2. The van der Waals surface area contributed by atoms with Crippen molar-refractivity contribution in [2.45, 2.75) is 58.7 Å². The smallest absolute Gasteiger partial charge is 0.328 e. The number of esters is 1. The van der Waals surface area contributed by atoms with Crippen molar-refractivity contribution in [2.24, 2.45) is 0 Å². The fourth-order valence-electron chi connectivity index (χ4n) is 1.73. The van der Waals surface area contributed by atoms with E-state index >= 15 is 0 Å². The zero-order valence-corrected chi connectivity index (χ0v) is 14.7. The van der Waals surface area contributed by atoms with Crippen LogP contribution in [0.25, 0.3) is 0 Å². The molecule has 0 saturated carbocycles. The van der Waals surface area contributed by atoms with Crippen LogP contribution in [-0.4, -0.2) is 17.1 Å². The summed E-state index contributed by atoms with van der Waals surface area (Å²) in [5.74, 6) is -0.255. The molecule has 0 spiro atoms. The van der Waals surface area contributed by atoms with E-state index in [4.69, 9.17) is 4.74 Å². The second-order valence-corrected chi connectivity index (χ2v) is 7.83. The number of hydrogen-bond acceptors (Lipinski definition) is 3. The molecule has 0 aromatic heterocycles. The molecule has 1 aromatic carbocycles. The molecule has 0 amide bonds. The van der Waals surface area contributed by atoms with Gasteiger partial charge in [0.25, 0.3) is 0 Å². The van der Waals surface area contributed by atoms with Crippen molar-refractivity contribution in [1.29, 1.82) is 0 Å². The molecule has 1 N–H and O–H groups in total. The van der Waals surface area contributed by atoms with Gasteiger partial charge in [0.1, 0.15) is 11.6 Å². The second-order valence-electron chi connectivity index (χ2n) is 6.91. The first-order valence-electron chi connectivity index (χ1n) is 6.74. The van der Waals surface area contributed by atoms with E-state index in [0.717, 1.165) is 10.0 Å². The third-order valence-electron chi connectivity index (χ3n) is 2.42. The first-order valence-corrected chi connectivity index (χ1v) is 7.53. The minimum Gasteiger partial charge on any atom is -0.459 e. The highest BCUT2D eigenvalue weighted by atomic mass is 79.9. The van der Waals surface area contributed by atoms with Gasteiger partial charge in [0.05, 0.1) is 0 Å². The lowest BCUT2D eigenvalue weighted by molar-refractivity contribution is -0.158. The van der Waals surface area contributed by atoms with Crippen LogP contribution in [0.5, 0.6) is 0 Å². The van der Waals surface area contributed by atoms with Gasteiger partial charge < -0.3 is 4.74 Å². The fraction of sp³-hybridized carbons (Fsp3) is 0.562. The number of ether oxygens (including phenoxy) is 1. The predicted molar refractivity (Wildman–Crippen MR) is 85.6 cm³/mol. The van der Waals surface area contributed by atoms with Crippen LogP contribution in [-0.2, 0) is 9.53 Å². The normalized spacial score (nSPS) is 13.9. The Hall–Kier alpha value is -0.870. The number of nitrogens with one attached hydrogen (secondary N) is 1. The predicted octanol–water partition coefficient (Wildman–Crippen LogP) is 4.22. The molecule has 20 heavy (non-hydrogen) atoms. The van der Waals surface area contributed by atoms with Gasteiger partial charge in [0.15, 0.2) is 0 Å². The zero-order chi connectivity index (χ0) is 15.6. The Balaban J connectivity index is 3.02. The molecule has 0 aliphatic heterocycles. The second kappa shape index (κ2) is 6.27. The van der Waals surface area contributed by atoms with Crippen molar-refractivity contribution in [3.05, 3.63) is 34.3 Å². The molecular weight excluding hydrogens is 318 g/mol. The van der Waals surface area contributed by atoms with E-state index in [9.17, 15) is 4.79 Å². The summed E-state index contributed by atoms with van der Waals surface area (Å²) >= 11 is 3.41. The van der Waals surface area contributed by atoms with E-state index in [-0.39, 0.29) is 11.5 Å². The zero-order valence-electron chi connectivity index (χ0n) is 13.1. The van der Waals surface area contributed by atoms with E-state index in [1.54, 1.807) is 0 Å². The number of carbonyl (C=O) groups excluding carboxylic acids is 1. The lowest BCUT2D eigenvalue weighted by Gasteiger charge is -2.30. The summed E-state index contributed by atoms with van der Waals surface area (Å²) in [7, 11) is 0. The molecule has 112 valence electrons. The lowest BCUT2D eigenvalue weighted by Crippen LogP contribution is -2.44. The van der Waals surface area contributed by atoms with Gasteiger partial charge in [-0.2, -0.15) is 0 Å². The van der Waals surface area contributed by atoms with Crippen molar-refractivity contribution < 1.29 is 9.53 Å². The van der Waals surface area contributed by atoms with Crippen molar-refractivity contribution in [3.8, 4) is 0 Å². The van der Waals surface area contributed by atoms with E-state index in [0.29, 0.717) is 0 Å². The minimum atomic E-state index is -0.496.